The summed E-state index contributed by atoms with van der Waals surface area (Å²) in [6, 6.07) is 8.97. The number of nitrogens with zero attached hydrogens (tertiary/aromatic N) is 5. The largest absolute Gasteiger partial charge is 0.493 e. The lowest BCUT2D eigenvalue weighted by molar-refractivity contribution is 0.0947. The van der Waals surface area contributed by atoms with Crippen LogP contribution in [0.4, 0.5) is 0 Å². The van der Waals surface area contributed by atoms with Gasteiger partial charge >= 0.3 is 0 Å². The first-order chi connectivity index (χ1) is 14.3. The Morgan fingerprint density at radius 3 is 2.80 bits per heavy atom. The highest BCUT2D eigenvalue weighted by atomic mass is 16.5. The van der Waals surface area contributed by atoms with Crippen molar-refractivity contribution < 1.29 is 9.53 Å². The summed E-state index contributed by atoms with van der Waals surface area (Å²) >= 11 is 0. The maximum atomic E-state index is 12.6. The van der Waals surface area contributed by atoms with Crippen LogP contribution >= 0.6 is 0 Å². The molecule has 30 heavy (non-hydrogen) atoms. The van der Waals surface area contributed by atoms with Gasteiger partial charge in [-0.25, -0.2) is 5.43 Å². The molecule has 1 aromatic carbocycles. The molecule has 0 atom stereocenters. The smallest absolute Gasteiger partial charge is 0.290 e. The summed E-state index contributed by atoms with van der Waals surface area (Å²) in [4.78, 5) is 27.0. The first-order valence-corrected chi connectivity index (χ1v) is 9.41. The summed E-state index contributed by atoms with van der Waals surface area (Å²) in [7, 11) is 0. The Bertz CT molecular complexity index is 1130. The number of carbonyl (C=O) groups excluding carboxylic acids is 1. The average molecular weight is 409 g/mol. The number of hydrazone groups is 1. The molecule has 0 saturated carbocycles. The fourth-order valence-corrected chi connectivity index (χ4v) is 2.50. The van der Waals surface area contributed by atoms with Crippen molar-refractivity contribution in [2.45, 2.75) is 27.7 Å². The number of carbonyl (C=O) groups is 1. The Labute approximate surface area is 173 Å². The molecule has 0 aliphatic rings. The van der Waals surface area contributed by atoms with Crippen LogP contribution in [0, 0.1) is 19.8 Å². The van der Waals surface area contributed by atoms with Gasteiger partial charge in [0.15, 0.2) is 0 Å². The van der Waals surface area contributed by atoms with Crippen LogP contribution in [0.15, 0.2) is 40.2 Å². The minimum Gasteiger partial charge on any atom is -0.493 e. The summed E-state index contributed by atoms with van der Waals surface area (Å²) in [6.07, 6.45) is 1.51. The van der Waals surface area contributed by atoms with Gasteiger partial charge in [-0.1, -0.05) is 26.0 Å². The second-order valence-electron chi connectivity index (χ2n) is 7.09. The Hall–Kier alpha value is -3.82. The lowest BCUT2D eigenvalue weighted by atomic mass is 10.2. The van der Waals surface area contributed by atoms with Gasteiger partial charge in [-0.2, -0.15) is 14.9 Å². The molecule has 1 amide bonds. The van der Waals surface area contributed by atoms with Gasteiger partial charge < -0.3 is 4.74 Å². The second-order valence-corrected chi connectivity index (χ2v) is 7.09. The van der Waals surface area contributed by atoms with Gasteiger partial charge in [0.2, 0.25) is 0 Å². The van der Waals surface area contributed by atoms with E-state index in [1.54, 1.807) is 13.0 Å². The Balaban J connectivity index is 1.78. The standard InChI is InChI=1S/C20H23N7O3/c1-12(2)11-30-17-8-6-5-7-15(17)10-21-24-19(29)16-9-13(3)26-27(16)20-22-18(28)14(4)23-25-20/h5-10,12H,11H2,1-4H3,(H,24,29)(H,22,25,28)/b21-10-. The summed E-state index contributed by atoms with van der Waals surface area (Å²) in [5, 5.41) is 15.9. The van der Waals surface area contributed by atoms with Gasteiger partial charge in [-0.15, -0.1) is 10.2 Å². The third kappa shape index (κ3) is 4.96. The van der Waals surface area contributed by atoms with Crippen LogP contribution < -0.4 is 15.7 Å². The molecule has 0 radical (unpaired) electrons. The number of benzene rings is 1. The molecule has 0 bridgehead atoms. The van der Waals surface area contributed by atoms with E-state index in [4.69, 9.17) is 4.74 Å². The molecule has 3 rings (SSSR count). The zero-order valence-corrected chi connectivity index (χ0v) is 17.2. The predicted octanol–water partition coefficient (Wildman–Crippen LogP) is 1.77. The zero-order valence-electron chi connectivity index (χ0n) is 17.2. The van der Waals surface area contributed by atoms with E-state index >= 15 is 0 Å². The van der Waals surface area contributed by atoms with Crippen molar-refractivity contribution in [3.05, 3.63) is 63.3 Å². The van der Waals surface area contributed by atoms with Gasteiger partial charge in [0.05, 0.1) is 18.5 Å². The van der Waals surface area contributed by atoms with E-state index in [9.17, 15) is 9.59 Å². The Kier molecular flexibility index (Phi) is 6.35. The normalized spacial score (nSPS) is 11.2. The van der Waals surface area contributed by atoms with Crippen molar-refractivity contribution in [3.8, 4) is 11.7 Å². The molecule has 2 N–H and O–H groups in total. The lowest BCUT2D eigenvalue weighted by Gasteiger charge is -2.10. The lowest BCUT2D eigenvalue weighted by Crippen LogP contribution is -2.24. The molecule has 2 heterocycles. The van der Waals surface area contributed by atoms with Crippen molar-refractivity contribution in [3.63, 3.8) is 0 Å². The van der Waals surface area contributed by atoms with E-state index in [2.05, 4.69) is 44.7 Å². The van der Waals surface area contributed by atoms with E-state index < -0.39 is 11.5 Å². The predicted molar refractivity (Wildman–Crippen MR) is 111 cm³/mol. The number of hydrogen-bond acceptors (Lipinski definition) is 7. The van der Waals surface area contributed by atoms with Gasteiger partial charge in [-0.3, -0.25) is 14.6 Å². The third-order valence-electron chi connectivity index (χ3n) is 3.97. The van der Waals surface area contributed by atoms with Crippen molar-refractivity contribution in [1.82, 2.24) is 30.4 Å². The minimum absolute atomic E-state index is 0.0419. The second kappa shape index (κ2) is 9.12. The zero-order chi connectivity index (χ0) is 21.7. The fraction of sp³-hybridized carbons (Fsp3) is 0.300. The van der Waals surface area contributed by atoms with Crippen LogP contribution in [-0.2, 0) is 0 Å². The SMILES string of the molecule is Cc1cc(C(=O)N/N=C\c2ccccc2OCC(C)C)n(-c2nnc(C)c(=O)[nH]2)n1. The number of aryl methyl sites for hydroxylation is 2. The number of ether oxygens (including phenoxy) is 1. The van der Waals surface area contributed by atoms with Crippen molar-refractivity contribution >= 4 is 12.1 Å². The maximum absolute atomic E-state index is 12.6. The van der Waals surface area contributed by atoms with E-state index in [-0.39, 0.29) is 17.3 Å². The summed E-state index contributed by atoms with van der Waals surface area (Å²) in [5.74, 6) is 0.586. The number of nitrogens with one attached hydrogen (secondary N) is 2. The van der Waals surface area contributed by atoms with Crippen LogP contribution in [0.2, 0.25) is 0 Å². The van der Waals surface area contributed by atoms with Crippen molar-refractivity contribution in [2.75, 3.05) is 6.61 Å². The van der Waals surface area contributed by atoms with Crippen LogP contribution in [-0.4, -0.2) is 43.7 Å². The van der Waals surface area contributed by atoms with Crippen LogP contribution in [0.1, 0.15) is 41.3 Å². The molecule has 0 saturated heterocycles. The van der Waals surface area contributed by atoms with Gasteiger partial charge in [0, 0.05) is 5.56 Å². The highest BCUT2D eigenvalue weighted by Crippen LogP contribution is 2.16. The molecule has 2 aromatic heterocycles. The van der Waals surface area contributed by atoms with Crippen molar-refractivity contribution in [1.29, 1.82) is 0 Å². The Morgan fingerprint density at radius 2 is 2.07 bits per heavy atom. The molecule has 3 aromatic rings. The maximum Gasteiger partial charge on any atom is 0.290 e. The monoisotopic (exact) mass is 409 g/mol. The first kappa shape index (κ1) is 20.9. The third-order valence-corrected chi connectivity index (χ3v) is 3.97. The molecule has 0 aliphatic heterocycles. The number of H-pyrrole nitrogens is 1. The average Bonchev–Trinajstić information content (AvgIpc) is 3.11. The van der Waals surface area contributed by atoms with Crippen LogP contribution in [0.5, 0.6) is 5.75 Å². The summed E-state index contributed by atoms with van der Waals surface area (Å²) in [6.45, 7) is 7.96. The number of aromatic nitrogens is 5. The highest BCUT2D eigenvalue weighted by Gasteiger charge is 2.17. The molecule has 0 aliphatic carbocycles. The first-order valence-electron chi connectivity index (χ1n) is 9.41. The van der Waals surface area contributed by atoms with E-state index in [1.165, 1.54) is 17.8 Å². The number of amides is 1. The van der Waals surface area contributed by atoms with Gasteiger partial charge in [-0.05, 0) is 38.0 Å². The van der Waals surface area contributed by atoms with Crippen LogP contribution in [0.3, 0.4) is 0 Å². The molecule has 0 unspecified atom stereocenters. The highest BCUT2D eigenvalue weighted by molar-refractivity contribution is 5.94. The topological polar surface area (TPSA) is 127 Å². The summed E-state index contributed by atoms with van der Waals surface area (Å²) < 4.78 is 6.99. The number of rotatable bonds is 7. The fourth-order valence-electron chi connectivity index (χ4n) is 2.50. The number of hydrogen-bond donors (Lipinski definition) is 2. The molecule has 10 heteroatoms. The molecular formula is C20H23N7O3. The van der Waals surface area contributed by atoms with E-state index in [0.29, 0.717) is 24.0 Å². The molecular weight excluding hydrogens is 386 g/mol. The van der Waals surface area contributed by atoms with E-state index in [0.717, 1.165) is 5.56 Å². The molecule has 0 fully saturated rings. The molecule has 10 nitrogen and oxygen atoms in total. The van der Waals surface area contributed by atoms with Crippen LogP contribution in [0.25, 0.3) is 5.95 Å². The quantitative estimate of drug-likeness (QED) is 0.452. The van der Waals surface area contributed by atoms with Crippen molar-refractivity contribution in [2.24, 2.45) is 11.0 Å². The van der Waals surface area contributed by atoms with Gasteiger partial charge in [0.1, 0.15) is 17.1 Å². The summed E-state index contributed by atoms with van der Waals surface area (Å²) in [5.41, 5.74) is 3.73. The molecule has 0 spiro atoms. The minimum atomic E-state index is -0.518. The Morgan fingerprint density at radius 1 is 1.30 bits per heavy atom. The number of para-hydroxylation sites is 1. The van der Waals surface area contributed by atoms with E-state index in [1.807, 2.05) is 24.3 Å². The van der Waals surface area contributed by atoms with Gasteiger partial charge in [0.25, 0.3) is 17.4 Å². The number of aromatic amines is 1. The molecule has 156 valence electrons.